The van der Waals surface area contributed by atoms with E-state index in [1.807, 2.05) is 11.8 Å². The van der Waals surface area contributed by atoms with Gasteiger partial charge in [-0.2, -0.15) is 0 Å². The molecule has 2 fully saturated rings. The van der Waals surface area contributed by atoms with Crippen LogP contribution in [-0.2, 0) is 4.79 Å². The van der Waals surface area contributed by atoms with Crippen LogP contribution in [0.1, 0.15) is 44.6 Å². The number of aromatic nitrogens is 1. The predicted octanol–water partition coefficient (Wildman–Crippen LogP) is 6.20. The number of amidine groups is 1. The Morgan fingerprint density at radius 2 is 1.93 bits per heavy atom. The summed E-state index contributed by atoms with van der Waals surface area (Å²) in [4.78, 5) is 24.6. The molecule has 0 unspecified atom stereocenters. The predicted molar refractivity (Wildman–Crippen MR) is 117 cm³/mol. The Hall–Kier alpha value is -2.18. The Kier molecular flexibility index (Phi) is 6.01. The molecule has 1 aliphatic carbocycles. The molecule has 7 heteroatoms. The Morgan fingerprint density at radius 3 is 2.62 bits per heavy atom. The zero-order chi connectivity index (χ0) is 20.4. The third kappa shape index (κ3) is 4.23. The number of amides is 1. The van der Waals surface area contributed by atoms with Crippen LogP contribution < -0.4 is 0 Å². The lowest BCUT2D eigenvalue weighted by atomic mass is 9.94. The van der Waals surface area contributed by atoms with Crippen molar-refractivity contribution >= 4 is 45.7 Å². The number of benzene rings is 1. The Morgan fingerprint density at radius 1 is 1.21 bits per heavy atom. The van der Waals surface area contributed by atoms with E-state index in [-0.39, 0.29) is 17.8 Å². The summed E-state index contributed by atoms with van der Waals surface area (Å²) in [5, 5.41) is 1.09. The maximum Gasteiger partial charge on any atom is 0.267 e. The summed E-state index contributed by atoms with van der Waals surface area (Å²) in [5.74, 6) is -0.331. The average Bonchev–Trinajstić information content (AvgIpc) is 3.06. The van der Waals surface area contributed by atoms with Gasteiger partial charge < -0.3 is 0 Å². The average molecular weight is 430 g/mol. The molecule has 150 valence electrons. The Bertz CT molecular complexity index is 984. The third-order valence-electron chi connectivity index (χ3n) is 5.34. The van der Waals surface area contributed by atoms with Crippen LogP contribution in [0, 0.1) is 5.82 Å². The van der Waals surface area contributed by atoms with Crippen molar-refractivity contribution in [1.29, 1.82) is 0 Å². The minimum atomic E-state index is -0.296. The fourth-order valence-electron chi connectivity index (χ4n) is 3.75. The second-order valence-electron chi connectivity index (χ2n) is 7.25. The van der Waals surface area contributed by atoms with Gasteiger partial charge in [0, 0.05) is 18.4 Å². The molecule has 1 saturated carbocycles. The Labute approximate surface area is 178 Å². The van der Waals surface area contributed by atoms with Crippen molar-refractivity contribution in [2.24, 2.45) is 4.99 Å². The van der Waals surface area contributed by atoms with Gasteiger partial charge in [-0.15, -0.1) is 0 Å². The number of nitrogens with zero attached hydrogens (tertiary/aromatic N) is 3. The van der Waals surface area contributed by atoms with Gasteiger partial charge in [0.05, 0.1) is 15.6 Å². The maximum atomic E-state index is 13.4. The van der Waals surface area contributed by atoms with E-state index in [1.54, 1.807) is 30.6 Å². The maximum absolute atomic E-state index is 13.4. The summed E-state index contributed by atoms with van der Waals surface area (Å²) in [6.07, 6.45) is 8.55. The standard InChI is InChI=1S/C22H21ClFN3OS/c1-14(15-7-9-16(24)10-8-15)20-21(28)27(17-5-3-2-4-6-17)22(29-20)26-19-11-12-25-13-18(19)23/h7-13,17H,2-6H2,1H3/b20-14-,26-22?. The molecule has 4 nitrogen and oxygen atoms in total. The number of carbonyl (C=O) groups is 1. The summed E-state index contributed by atoms with van der Waals surface area (Å²) < 4.78 is 13.3. The number of hydrogen-bond donors (Lipinski definition) is 0. The number of halogens is 2. The zero-order valence-corrected chi connectivity index (χ0v) is 17.6. The van der Waals surface area contributed by atoms with Crippen LogP contribution in [0.2, 0.25) is 5.02 Å². The molecule has 1 aromatic carbocycles. The van der Waals surface area contributed by atoms with Gasteiger partial charge in [0.1, 0.15) is 5.82 Å². The van der Waals surface area contributed by atoms with E-state index in [4.69, 9.17) is 16.6 Å². The zero-order valence-electron chi connectivity index (χ0n) is 16.1. The highest BCUT2D eigenvalue weighted by Crippen LogP contribution is 2.41. The SMILES string of the molecule is C/C(=C1/SC(=Nc2ccncc2Cl)N(C2CCCCC2)C1=O)c1ccc(F)cc1. The molecular formula is C22H21ClFN3OS. The lowest BCUT2D eigenvalue weighted by molar-refractivity contribution is -0.124. The molecule has 2 aromatic rings. The summed E-state index contributed by atoms with van der Waals surface area (Å²) in [6, 6.07) is 8.11. The molecule has 29 heavy (non-hydrogen) atoms. The first-order chi connectivity index (χ1) is 14.0. The smallest absolute Gasteiger partial charge is 0.267 e. The van der Waals surface area contributed by atoms with Crippen LogP contribution in [0.15, 0.2) is 52.6 Å². The van der Waals surface area contributed by atoms with Crippen LogP contribution in [0.5, 0.6) is 0 Å². The van der Waals surface area contributed by atoms with Gasteiger partial charge in [0.15, 0.2) is 5.17 Å². The molecule has 0 spiro atoms. The van der Waals surface area contributed by atoms with Gasteiger partial charge in [-0.05, 0) is 60.9 Å². The van der Waals surface area contributed by atoms with Crippen molar-refractivity contribution in [1.82, 2.24) is 9.88 Å². The molecule has 0 radical (unpaired) electrons. The molecule has 2 aliphatic rings. The number of allylic oxidation sites excluding steroid dienone is 1. The third-order valence-corrected chi connectivity index (χ3v) is 6.78. The van der Waals surface area contributed by atoms with Crippen LogP contribution >= 0.6 is 23.4 Å². The first-order valence-electron chi connectivity index (χ1n) is 9.71. The van der Waals surface area contributed by atoms with E-state index < -0.39 is 0 Å². The molecule has 1 aromatic heterocycles. The lowest BCUT2D eigenvalue weighted by Crippen LogP contribution is -2.40. The second-order valence-corrected chi connectivity index (χ2v) is 8.64. The molecule has 0 atom stereocenters. The van der Waals surface area contributed by atoms with Crippen molar-refractivity contribution in [3.05, 3.63) is 64.0 Å². The monoisotopic (exact) mass is 429 g/mol. The van der Waals surface area contributed by atoms with Crippen molar-refractivity contribution in [2.75, 3.05) is 0 Å². The van der Waals surface area contributed by atoms with E-state index in [0.29, 0.717) is 20.8 Å². The Balaban J connectivity index is 1.76. The van der Waals surface area contributed by atoms with E-state index in [9.17, 15) is 9.18 Å². The van der Waals surface area contributed by atoms with Gasteiger partial charge in [0.25, 0.3) is 5.91 Å². The molecular weight excluding hydrogens is 409 g/mol. The van der Waals surface area contributed by atoms with Crippen molar-refractivity contribution in [3.8, 4) is 0 Å². The van der Waals surface area contributed by atoms with Crippen LogP contribution in [-0.4, -0.2) is 27.0 Å². The van der Waals surface area contributed by atoms with Crippen LogP contribution in [0.4, 0.5) is 10.1 Å². The lowest BCUT2D eigenvalue weighted by Gasteiger charge is -2.30. The topological polar surface area (TPSA) is 45.6 Å². The summed E-state index contributed by atoms with van der Waals surface area (Å²) in [7, 11) is 0. The summed E-state index contributed by atoms with van der Waals surface area (Å²) in [5.41, 5.74) is 2.25. The molecule has 1 aliphatic heterocycles. The van der Waals surface area contributed by atoms with Crippen molar-refractivity contribution in [2.45, 2.75) is 45.1 Å². The second kappa shape index (κ2) is 8.67. The number of hydrogen-bond acceptors (Lipinski definition) is 4. The highest BCUT2D eigenvalue weighted by atomic mass is 35.5. The largest absolute Gasteiger partial charge is 0.283 e. The normalized spacial score (nSPS) is 21.1. The number of aliphatic imine (C=N–C) groups is 1. The molecule has 4 rings (SSSR count). The first-order valence-corrected chi connectivity index (χ1v) is 10.9. The van der Waals surface area contributed by atoms with Gasteiger partial charge in [-0.1, -0.05) is 43.0 Å². The van der Waals surface area contributed by atoms with Gasteiger partial charge in [0.2, 0.25) is 0 Å². The molecule has 0 bridgehead atoms. The molecule has 0 N–H and O–H groups in total. The van der Waals surface area contributed by atoms with E-state index in [0.717, 1.165) is 36.8 Å². The van der Waals surface area contributed by atoms with Gasteiger partial charge in [-0.25, -0.2) is 9.38 Å². The van der Waals surface area contributed by atoms with Crippen LogP contribution in [0.25, 0.3) is 5.57 Å². The van der Waals surface area contributed by atoms with Crippen molar-refractivity contribution in [3.63, 3.8) is 0 Å². The van der Waals surface area contributed by atoms with E-state index in [1.165, 1.54) is 30.3 Å². The van der Waals surface area contributed by atoms with Crippen molar-refractivity contribution < 1.29 is 9.18 Å². The van der Waals surface area contributed by atoms with Crippen LogP contribution in [0.3, 0.4) is 0 Å². The van der Waals surface area contributed by atoms with E-state index >= 15 is 0 Å². The van der Waals surface area contributed by atoms with E-state index in [2.05, 4.69) is 4.98 Å². The van der Waals surface area contributed by atoms with Gasteiger partial charge >= 0.3 is 0 Å². The number of thioether (sulfide) groups is 1. The highest BCUT2D eigenvalue weighted by Gasteiger charge is 2.39. The number of rotatable bonds is 3. The minimum absolute atomic E-state index is 0.0346. The first kappa shape index (κ1) is 20.1. The molecule has 1 saturated heterocycles. The van der Waals surface area contributed by atoms with Gasteiger partial charge in [-0.3, -0.25) is 14.7 Å². The summed E-state index contributed by atoms with van der Waals surface area (Å²) >= 11 is 7.62. The number of pyridine rings is 1. The highest BCUT2D eigenvalue weighted by molar-refractivity contribution is 8.18. The molecule has 2 heterocycles. The fourth-order valence-corrected chi connectivity index (χ4v) is 5.02. The minimum Gasteiger partial charge on any atom is -0.283 e. The fraction of sp³-hybridized carbons (Fsp3) is 0.318. The molecule has 1 amide bonds. The quantitative estimate of drug-likeness (QED) is 0.545. The number of carbonyl (C=O) groups excluding carboxylic acids is 1. The summed E-state index contributed by atoms with van der Waals surface area (Å²) in [6.45, 7) is 1.90.